The third-order valence-electron chi connectivity index (χ3n) is 4.08. The number of halogens is 5. The van der Waals surface area contributed by atoms with Gasteiger partial charge in [0.15, 0.2) is 23.3 Å². The van der Waals surface area contributed by atoms with E-state index in [2.05, 4.69) is 4.74 Å². The largest absolute Gasteiger partial charge is 0.457 e. The molecule has 0 aliphatic carbocycles. The van der Waals surface area contributed by atoms with E-state index in [1.807, 2.05) is 0 Å². The Bertz CT molecular complexity index is 993. The smallest absolute Gasteiger partial charge is 0.338 e. The SMILES string of the molecule is CCN(CC)S(=O)(=O)c1ccc(C(=O)OCc2c(F)c(F)c(F)c(F)c2F)cc1. The van der Waals surface area contributed by atoms with Crippen molar-refractivity contribution in [2.45, 2.75) is 25.3 Å². The zero-order chi connectivity index (χ0) is 21.9. The predicted octanol–water partition coefficient (Wildman–Crippen LogP) is 3.77. The lowest BCUT2D eigenvalue weighted by Gasteiger charge is -2.18. The molecule has 158 valence electrons. The minimum absolute atomic E-state index is 0.0856. The second kappa shape index (κ2) is 8.87. The second-order valence-corrected chi connectivity index (χ2v) is 7.68. The van der Waals surface area contributed by atoms with Gasteiger partial charge in [-0.2, -0.15) is 4.31 Å². The van der Waals surface area contributed by atoms with Crippen LogP contribution in [-0.4, -0.2) is 31.8 Å². The first-order chi connectivity index (χ1) is 13.6. The summed E-state index contributed by atoms with van der Waals surface area (Å²) in [6, 6.07) is 4.50. The molecule has 0 saturated heterocycles. The minimum atomic E-state index is -3.76. The van der Waals surface area contributed by atoms with Crippen LogP contribution in [0.15, 0.2) is 29.2 Å². The number of carbonyl (C=O) groups excluding carboxylic acids is 1. The first kappa shape index (κ1) is 22.8. The molecule has 0 radical (unpaired) electrons. The molecule has 2 rings (SSSR count). The summed E-state index contributed by atoms with van der Waals surface area (Å²) >= 11 is 0. The van der Waals surface area contributed by atoms with E-state index in [4.69, 9.17) is 0 Å². The van der Waals surface area contributed by atoms with E-state index >= 15 is 0 Å². The second-order valence-electron chi connectivity index (χ2n) is 5.74. The van der Waals surface area contributed by atoms with Crippen LogP contribution in [0, 0.1) is 29.1 Å². The lowest BCUT2D eigenvalue weighted by Crippen LogP contribution is -2.30. The van der Waals surface area contributed by atoms with Gasteiger partial charge in [-0.25, -0.2) is 35.2 Å². The van der Waals surface area contributed by atoms with Crippen molar-refractivity contribution in [1.82, 2.24) is 4.31 Å². The highest BCUT2D eigenvalue weighted by molar-refractivity contribution is 7.89. The summed E-state index contributed by atoms with van der Waals surface area (Å²) in [6.45, 7) is 2.59. The number of sulfonamides is 1. The van der Waals surface area contributed by atoms with Gasteiger partial charge in [0.05, 0.1) is 16.0 Å². The number of benzene rings is 2. The third-order valence-corrected chi connectivity index (χ3v) is 6.15. The summed E-state index contributed by atoms with van der Waals surface area (Å²) in [4.78, 5) is 11.9. The van der Waals surface area contributed by atoms with Crippen molar-refractivity contribution in [3.05, 3.63) is 64.5 Å². The number of hydrogen-bond donors (Lipinski definition) is 0. The molecular formula is C18H16F5NO4S. The zero-order valence-corrected chi connectivity index (χ0v) is 16.1. The Morgan fingerprint density at radius 2 is 1.31 bits per heavy atom. The minimum Gasteiger partial charge on any atom is -0.457 e. The summed E-state index contributed by atoms with van der Waals surface area (Å²) in [6.07, 6.45) is 0. The van der Waals surface area contributed by atoms with Crippen molar-refractivity contribution in [3.63, 3.8) is 0 Å². The normalized spacial score (nSPS) is 11.7. The highest BCUT2D eigenvalue weighted by Gasteiger charge is 2.27. The fourth-order valence-electron chi connectivity index (χ4n) is 2.47. The maximum absolute atomic E-state index is 13.6. The molecule has 11 heteroatoms. The van der Waals surface area contributed by atoms with Crippen LogP contribution in [0.2, 0.25) is 0 Å². The number of nitrogens with zero attached hydrogens (tertiary/aromatic N) is 1. The molecule has 2 aromatic carbocycles. The molecule has 0 aliphatic heterocycles. The van der Waals surface area contributed by atoms with Crippen LogP contribution in [0.3, 0.4) is 0 Å². The summed E-state index contributed by atoms with van der Waals surface area (Å²) in [5.41, 5.74) is -1.47. The molecule has 0 aromatic heterocycles. The van der Waals surface area contributed by atoms with Gasteiger partial charge < -0.3 is 4.74 Å². The molecule has 0 saturated carbocycles. The number of hydrogen-bond acceptors (Lipinski definition) is 4. The van der Waals surface area contributed by atoms with E-state index in [1.54, 1.807) is 13.8 Å². The molecule has 0 N–H and O–H groups in total. The lowest BCUT2D eigenvalue weighted by molar-refractivity contribution is 0.0462. The van der Waals surface area contributed by atoms with Crippen LogP contribution >= 0.6 is 0 Å². The molecule has 0 bridgehead atoms. The highest BCUT2D eigenvalue weighted by Crippen LogP contribution is 2.24. The van der Waals surface area contributed by atoms with Crippen molar-refractivity contribution in [2.24, 2.45) is 0 Å². The molecule has 0 heterocycles. The van der Waals surface area contributed by atoms with Crippen LogP contribution in [0.4, 0.5) is 22.0 Å². The quantitative estimate of drug-likeness (QED) is 0.286. The molecule has 0 fully saturated rings. The molecule has 5 nitrogen and oxygen atoms in total. The summed E-state index contributed by atoms with van der Waals surface area (Å²) in [7, 11) is -3.76. The summed E-state index contributed by atoms with van der Waals surface area (Å²) < 4.78 is 97.1. The van der Waals surface area contributed by atoms with Crippen LogP contribution in [0.5, 0.6) is 0 Å². The van der Waals surface area contributed by atoms with Gasteiger partial charge in [0.25, 0.3) is 0 Å². The Hall–Kier alpha value is -2.53. The maximum Gasteiger partial charge on any atom is 0.338 e. The zero-order valence-electron chi connectivity index (χ0n) is 15.3. The van der Waals surface area contributed by atoms with Crippen LogP contribution in [-0.2, 0) is 21.4 Å². The molecule has 0 spiro atoms. The van der Waals surface area contributed by atoms with Crippen LogP contribution in [0.25, 0.3) is 0 Å². The highest BCUT2D eigenvalue weighted by atomic mass is 32.2. The fraction of sp³-hybridized carbons (Fsp3) is 0.278. The Morgan fingerprint density at radius 3 is 1.76 bits per heavy atom. The van der Waals surface area contributed by atoms with Crippen molar-refractivity contribution < 1.29 is 39.9 Å². The number of carbonyl (C=O) groups is 1. The van der Waals surface area contributed by atoms with Gasteiger partial charge in [-0.1, -0.05) is 13.8 Å². The van der Waals surface area contributed by atoms with Gasteiger partial charge in [0.1, 0.15) is 6.61 Å². The van der Waals surface area contributed by atoms with E-state index in [0.717, 1.165) is 24.3 Å². The van der Waals surface area contributed by atoms with E-state index in [0.29, 0.717) is 0 Å². The Balaban J connectivity index is 2.20. The van der Waals surface area contributed by atoms with Gasteiger partial charge in [-0.3, -0.25) is 0 Å². The fourth-order valence-corrected chi connectivity index (χ4v) is 3.93. The van der Waals surface area contributed by atoms with E-state index in [9.17, 15) is 35.2 Å². The van der Waals surface area contributed by atoms with Crippen molar-refractivity contribution in [1.29, 1.82) is 0 Å². The number of ether oxygens (including phenoxy) is 1. The Labute approximate surface area is 163 Å². The monoisotopic (exact) mass is 437 g/mol. The van der Waals surface area contributed by atoms with Crippen LogP contribution < -0.4 is 0 Å². The average Bonchev–Trinajstić information content (AvgIpc) is 2.71. The molecular weight excluding hydrogens is 421 g/mol. The van der Waals surface area contributed by atoms with Crippen LogP contribution in [0.1, 0.15) is 29.8 Å². The summed E-state index contributed by atoms with van der Waals surface area (Å²) in [5, 5.41) is 0. The van der Waals surface area contributed by atoms with E-state index < -0.39 is 57.2 Å². The summed E-state index contributed by atoms with van der Waals surface area (Å²) in [5.74, 6) is -12.0. The van der Waals surface area contributed by atoms with Gasteiger partial charge in [0.2, 0.25) is 15.8 Å². The van der Waals surface area contributed by atoms with E-state index in [-0.39, 0.29) is 23.5 Å². The first-order valence-corrected chi connectivity index (χ1v) is 9.77. The standard InChI is InChI=1S/C18H16F5NO4S/c1-3-24(4-2)29(26,27)11-7-5-10(6-8-11)18(25)28-9-12-13(19)15(21)17(23)16(22)14(12)20/h5-8H,3-4,9H2,1-2H3. The molecule has 2 aromatic rings. The Kier molecular flexibility index (Phi) is 6.96. The lowest BCUT2D eigenvalue weighted by atomic mass is 10.2. The molecule has 29 heavy (non-hydrogen) atoms. The first-order valence-electron chi connectivity index (χ1n) is 8.33. The maximum atomic E-state index is 13.6. The van der Waals surface area contributed by atoms with Crippen molar-refractivity contribution in [2.75, 3.05) is 13.1 Å². The number of rotatable bonds is 7. The van der Waals surface area contributed by atoms with Crippen molar-refractivity contribution >= 4 is 16.0 Å². The van der Waals surface area contributed by atoms with Gasteiger partial charge >= 0.3 is 5.97 Å². The van der Waals surface area contributed by atoms with Crippen molar-refractivity contribution in [3.8, 4) is 0 Å². The molecule has 0 amide bonds. The third kappa shape index (κ3) is 4.40. The average molecular weight is 437 g/mol. The molecule has 0 atom stereocenters. The Morgan fingerprint density at radius 1 is 0.862 bits per heavy atom. The van der Waals surface area contributed by atoms with Gasteiger partial charge in [-0.15, -0.1) is 0 Å². The predicted molar refractivity (Wildman–Crippen MR) is 91.9 cm³/mol. The topological polar surface area (TPSA) is 63.7 Å². The van der Waals surface area contributed by atoms with Gasteiger partial charge in [-0.05, 0) is 24.3 Å². The number of esters is 1. The molecule has 0 aliphatic rings. The van der Waals surface area contributed by atoms with E-state index in [1.165, 1.54) is 4.31 Å². The van der Waals surface area contributed by atoms with Gasteiger partial charge in [0, 0.05) is 13.1 Å². The molecule has 0 unspecified atom stereocenters.